The van der Waals surface area contributed by atoms with Gasteiger partial charge in [0.05, 0.1) is 13.9 Å². The van der Waals surface area contributed by atoms with Gasteiger partial charge in [0.2, 0.25) is 0 Å². The van der Waals surface area contributed by atoms with Gasteiger partial charge < -0.3 is 4.74 Å². The van der Waals surface area contributed by atoms with Crippen LogP contribution in [0.25, 0.3) is 6.08 Å². The number of ether oxygens (including phenoxy) is 1. The highest BCUT2D eigenvalue weighted by atomic mass is 79.9. The smallest absolute Gasteiger partial charge is 0.266 e. The van der Waals surface area contributed by atoms with Crippen LogP contribution in [0, 0.1) is 5.82 Å². The molecule has 140 valence electrons. The van der Waals surface area contributed by atoms with Crippen molar-refractivity contribution in [3.8, 4) is 5.75 Å². The molecule has 2 aromatic carbocycles. The number of nitrogens with zero attached hydrogens (tertiary/aromatic N) is 1. The van der Waals surface area contributed by atoms with E-state index in [4.69, 9.17) is 17.0 Å². The Kier molecular flexibility index (Phi) is 6.73. The molecule has 0 atom stereocenters. The van der Waals surface area contributed by atoms with Crippen molar-refractivity contribution in [1.82, 2.24) is 4.90 Å². The van der Waals surface area contributed by atoms with Crippen molar-refractivity contribution in [2.24, 2.45) is 0 Å². The third-order valence-corrected chi connectivity index (χ3v) is 6.36. The molecule has 27 heavy (non-hydrogen) atoms. The second-order valence-electron chi connectivity index (χ2n) is 5.65. The largest absolute Gasteiger partial charge is 0.487 e. The molecule has 3 rings (SSSR count). The number of likely N-dealkylation sites (N-methyl/N-ethyl adjacent to an activating group) is 1. The van der Waals surface area contributed by atoms with Crippen LogP contribution in [0.15, 0.2) is 50.2 Å². The Labute approximate surface area is 183 Å². The van der Waals surface area contributed by atoms with Gasteiger partial charge in [-0.2, -0.15) is 0 Å². The second-order valence-corrected chi connectivity index (χ2v) is 9.04. The molecule has 8 heteroatoms. The van der Waals surface area contributed by atoms with Crippen molar-refractivity contribution in [2.45, 2.75) is 13.5 Å². The summed E-state index contributed by atoms with van der Waals surface area (Å²) < 4.78 is 20.9. The number of rotatable bonds is 5. The minimum Gasteiger partial charge on any atom is -0.487 e. The summed E-state index contributed by atoms with van der Waals surface area (Å²) in [4.78, 5) is 14.5. The number of hydrogen-bond acceptors (Lipinski definition) is 4. The highest BCUT2D eigenvalue weighted by Crippen LogP contribution is 2.38. The maximum Gasteiger partial charge on any atom is 0.266 e. The number of thiocarbonyl (C=S) groups is 1. The van der Waals surface area contributed by atoms with E-state index in [1.54, 1.807) is 17.0 Å². The van der Waals surface area contributed by atoms with E-state index in [0.717, 1.165) is 20.1 Å². The van der Waals surface area contributed by atoms with E-state index in [2.05, 4.69) is 31.9 Å². The van der Waals surface area contributed by atoms with Gasteiger partial charge in [-0.1, -0.05) is 36.1 Å². The molecule has 1 saturated heterocycles. The number of benzene rings is 2. The lowest BCUT2D eigenvalue weighted by atomic mass is 10.2. The van der Waals surface area contributed by atoms with Crippen LogP contribution in [0.5, 0.6) is 5.75 Å². The Morgan fingerprint density at radius 2 is 1.85 bits per heavy atom. The summed E-state index contributed by atoms with van der Waals surface area (Å²) in [5.74, 6) is 0.285. The first-order valence-electron chi connectivity index (χ1n) is 8.00. The van der Waals surface area contributed by atoms with Crippen LogP contribution in [0.2, 0.25) is 0 Å². The number of carbonyl (C=O) groups is 1. The monoisotopic (exact) mass is 529 g/mol. The first-order valence-corrected chi connectivity index (χ1v) is 10.8. The molecule has 0 saturated carbocycles. The number of hydrogen-bond donors (Lipinski definition) is 0. The maximum atomic E-state index is 13.0. The molecule has 0 bridgehead atoms. The quantitative estimate of drug-likeness (QED) is 0.342. The topological polar surface area (TPSA) is 29.5 Å². The summed E-state index contributed by atoms with van der Waals surface area (Å²) in [6.07, 6.45) is 1.81. The van der Waals surface area contributed by atoms with E-state index in [-0.39, 0.29) is 11.7 Å². The minimum atomic E-state index is -0.279. The first-order chi connectivity index (χ1) is 12.9. The van der Waals surface area contributed by atoms with Gasteiger partial charge in [0.1, 0.15) is 22.5 Å². The average molecular weight is 531 g/mol. The lowest BCUT2D eigenvalue weighted by molar-refractivity contribution is -0.121. The van der Waals surface area contributed by atoms with Crippen LogP contribution in [-0.2, 0) is 11.4 Å². The highest BCUT2D eigenvalue weighted by Gasteiger charge is 2.30. The molecule has 0 aromatic heterocycles. The van der Waals surface area contributed by atoms with E-state index >= 15 is 0 Å². The molecular formula is C19H14Br2FNO2S2. The van der Waals surface area contributed by atoms with Crippen LogP contribution in [0.1, 0.15) is 18.1 Å². The minimum absolute atomic E-state index is 0.0728. The summed E-state index contributed by atoms with van der Waals surface area (Å²) in [6.45, 7) is 2.77. The summed E-state index contributed by atoms with van der Waals surface area (Å²) >= 11 is 13.6. The zero-order valence-corrected chi connectivity index (χ0v) is 19.0. The molecule has 3 nitrogen and oxygen atoms in total. The molecule has 1 aliphatic rings. The number of thioether (sulfide) groups is 1. The zero-order chi connectivity index (χ0) is 19.6. The average Bonchev–Trinajstić information content (AvgIpc) is 2.88. The fraction of sp³-hybridized carbons (Fsp3) is 0.158. The van der Waals surface area contributed by atoms with Crippen molar-refractivity contribution in [3.05, 3.63) is 67.2 Å². The van der Waals surface area contributed by atoms with Gasteiger partial charge in [-0.3, -0.25) is 9.69 Å². The Hall–Kier alpha value is -1.22. The van der Waals surface area contributed by atoms with Crippen molar-refractivity contribution in [3.63, 3.8) is 0 Å². The lowest BCUT2D eigenvalue weighted by Crippen LogP contribution is -2.27. The van der Waals surface area contributed by atoms with Crippen LogP contribution >= 0.6 is 55.8 Å². The Balaban J connectivity index is 1.79. The number of halogens is 3. The molecule has 1 aliphatic heterocycles. The molecule has 0 radical (unpaired) electrons. The zero-order valence-electron chi connectivity index (χ0n) is 14.2. The normalized spacial score (nSPS) is 15.7. The SMILES string of the molecule is CCN1C(=O)/C(=C\c2cc(Br)c(OCc3ccc(F)cc3)c(Br)c2)SC1=S. The van der Waals surface area contributed by atoms with Crippen LogP contribution < -0.4 is 4.74 Å². The van der Waals surface area contributed by atoms with Crippen LogP contribution in [0.4, 0.5) is 4.39 Å². The number of carbonyl (C=O) groups excluding carboxylic acids is 1. The van der Waals surface area contributed by atoms with E-state index in [1.165, 1.54) is 23.9 Å². The van der Waals surface area contributed by atoms with E-state index in [9.17, 15) is 9.18 Å². The van der Waals surface area contributed by atoms with Gasteiger partial charge in [0.25, 0.3) is 5.91 Å². The van der Waals surface area contributed by atoms with Gasteiger partial charge in [-0.25, -0.2) is 4.39 Å². The Morgan fingerprint density at radius 3 is 2.41 bits per heavy atom. The Bertz CT molecular complexity index is 909. The fourth-order valence-electron chi connectivity index (χ4n) is 2.46. The maximum absolute atomic E-state index is 13.0. The van der Waals surface area contributed by atoms with E-state index in [1.807, 2.05) is 25.1 Å². The summed E-state index contributed by atoms with van der Waals surface area (Å²) in [5.41, 5.74) is 1.71. The highest BCUT2D eigenvalue weighted by molar-refractivity contribution is 9.11. The van der Waals surface area contributed by atoms with Crippen molar-refractivity contribution >= 4 is 72.1 Å². The van der Waals surface area contributed by atoms with Gasteiger partial charge in [0.15, 0.2) is 0 Å². The summed E-state index contributed by atoms with van der Waals surface area (Å²) in [6, 6.07) is 9.92. The van der Waals surface area contributed by atoms with Gasteiger partial charge >= 0.3 is 0 Å². The van der Waals surface area contributed by atoms with E-state index < -0.39 is 0 Å². The summed E-state index contributed by atoms with van der Waals surface area (Å²) in [7, 11) is 0. The fourth-order valence-corrected chi connectivity index (χ4v) is 5.30. The molecule has 0 unspecified atom stereocenters. The molecular weight excluding hydrogens is 517 g/mol. The van der Waals surface area contributed by atoms with Crippen LogP contribution in [-0.4, -0.2) is 21.7 Å². The number of amides is 1. The van der Waals surface area contributed by atoms with Gasteiger partial charge in [-0.15, -0.1) is 0 Å². The molecule has 1 amide bonds. The third kappa shape index (κ3) is 4.80. The second kappa shape index (κ2) is 8.86. The summed E-state index contributed by atoms with van der Waals surface area (Å²) in [5, 5.41) is 0. The first kappa shape index (κ1) is 20.5. The van der Waals surface area contributed by atoms with E-state index in [0.29, 0.717) is 28.1 Å². The van der Waals surface area contributed by atoms with Crippen molar-refractivity contribution in [2.75, 3.05) is 6.54 Å². The lowest BCUT2D eigenvalue weighted by Gasteiger charge is -2.12. The standard InChI is InChI=1S/C19H14Br2FNO2S2/c1-2-23-18(24)16(27-19(23)26)9-12-7-14(20)17(15(21)8-12)25-10-11-3-5-13(22)6-4-11/h3-9H,2,10H2,1H3/b16-9+. The van der Waals surface area contributed by atoms with Gasteiger partial charge in [-0.05, 0) is 80.3 Å². The Morgan fingerprint density at radius 1 is 1.22 bits per heavy atom. The predicted octanol–water partition coefficient (Wildman–Crippen LogP) is 6.15. The van der Waals surface area contributed by atoms with Crippen molar-refractivity contribution in [1.29, 1.82) is 0 Å². The molecule has 1 heterocycles. The molecule has 2 aromatic rings. The van der Waals surface area contributed by atoms with Crippen molar-refractivity contribution < 1.29 is 13.9 Å². The predicted molar refractivity (Wildman–Crippen MR) is 118 cm³/mol. The van der Waals surface area contributed by atoms with Gasteiger partial charge in [0, 0.05) is 6.54 Å². The molecule has 1 fully saturated rings. The molecule has 0 aliphatic carbocycles. The third-order valence-electron chi connectivity index (χ3n) is 3.80. The van der Waals surface area contributed by atoms with Crippen LogP contribution in [0.3, 0.4) is 0 Å². The molecule has 0 N–H and O–H groups in total. The molecule has 0 spiro atoms.